The molecule has 0 atom stereocenters. The first-order valence-corrected chi connectivity index (χ1v) is 7.37. The molecule has 0 radical (unpaired) electrons. The molecule has 0 saturated carbocycles. The number of rotatable bonds is 4. The van der Waals surface area contributed by atoms with Crippen LogP contribution in [0.25, 0.3) is 0 Å². The first-order chi connectivity index (χ1) is 11.2. The van der Waals surface area contributed by atoms with E-state index in [9.17, 15) is 22.4 Å². The van der Waals surface area contributed by atoms with Crippen molar-refractivity contribution in [3.05, 3.63) is 58.3 Å². The third kappa shape index (κ3) is 5.41. The second kappa shape index (κ2) is 7.52. The molecule has 2 aromatic rings. The highest BCUT2D eigenvalue weighted by Crippen LogP contribution is 2.29. The van der Waals surface area contributed by atoms with Gasteiger partial charge in [0.05, 0.1) is 10.2 Å². The summed E-state index contributed by atoms with van der Waals surface area (Å²) in [6.45, 7) is 0.0625. The molecular formula is C15H11BrF4N2O2. The van der Waals surface area contributed by atoms with E-state index >= 15 is 0 Å². The van der Waals surface area contributed by atoms with Crippen molar-refractivity contribution >= 4 is 27.6 Å². The fraction of sp³-hybridized carbons (Fsp3) is 0.133. The van der Waals surface area contributed by atoms with Gasteiger partial charge in [-0.2, -0.15) is 0 Å². The number of hydrogen-bond acceptors (Lipinski definition) is 2. The smallest absolute Gasteiger partial charge is 0.404 e. The fourth-order valence-corrected chi connectivity index (χ4v) is 2.21. The quantitative estimate of drug-likeness (QED) is 0.715. The van der Waals surface area contributed by atoms with Gasteiger partial charge in [-0.15, -0.1) is 13.2 Å². The van der Waals surface area contributed by atoms with E-state index in [1.54, 1.807) is 0 Å². The van der Waals surface area contributed by atoms with Crippen LogP contribution in [-0.4, -0.2) is 12.4 Å². The molecule has 4 nitrogen and oxygen atoms in total. The first-order valence-electron chi connectivity index (χ1n) is 6.58. The van der Waals surface area contributed by atoms with Gasteiger partial charge in [0.25, 0.3) is 0 Å². The van der Waals surface area contributed by atoms with Crippen molar-refractivity contribution < 1.29 is 27.1 Å². The van der Waals surface area contributed by atoms with Crippen LogP contribution in [-0.2, 0) is 6.54 Å². The van der Waals surface area contributed by atoms with E-state index in [1.807, 2.05) is 0 Å². The number of para-hydroxylation sites is 2. The lowest BCUT2D eigenvalue weighted by molar-refractivity contribution is -0.274. The SMILES string of the molecule is O=C(NCc1ccc(F)c(Br)c1)Nc1ccccc1OC(F)(F)F. The molecule has 9 heteroatoms. The third-order valence-electron chi connectivity index (χ3n) is 2.80. The zero-order valence-corrected chi connectivity index (χ0v) is 13.5. The van der Waals surface area contributed by atoms with Gasteiger partial charge in [0, 0.05) is 6.54 Å². The van der Waals surface area contributed by atoms with Crippen LogP contribution in [0.3, 0.4) is 0 Å². The van der Waals surface area contributed by atoms with Crippen LogP contribution in [0.4, 0.5) is 28.0 Å². The molecule has 128 valence electrons. The van der Waals surface area contributed by atoms with E-state index in [0.29, 0.717) is 5.56 Å². The molecule has 0 fully saturated rings. The molecular weight excluding hydrogens is 396 g/mol. The maximum absolute atomic E-state index is 13.1. The van der Waals surface area contributed by atoms with Gasteiger partial charge in [-0.1, -0.05) is 18.2 Å². The van der Waals surface area contributed by atoms with Crippen molar-refractivity contribution in [2.24, 2.45) is 0 Å². The monoisotopic (exact) mass is 406 g/mol. The van der Waals surface area contributed by atoms with Crippen molar-refractivity contribution in [1.82, 2.24) is 5.32 Å². The zero-order chi connectivity index (χ0) is 17.7. The minimum atomic E-state index is -4.87. The minimum absolute atomic E-state index is 0.0625. The van der Waals surface area contributed by atoms with Gasteiger partial charge in [-0.3, -0.25) is 0 Å². The maximum atomic E-state index is 13.1. The number of alkyl halides is 3. The minimum Gasteiger partial charge on any atom is -0.404 e. The molecule has 2 N–H and O–H groups in total. The molecule has 0 unspecified atom stereocenters. The fourth-order valence-electron chi connectivity index (χ4n) is 1.78. The third-order valence-corrected chi connectivity index (χ3v) is 3.41. The number of halogens is 5. The first kappa shape index (κ1) is 18.1. The summed E-state index contributed by atoms with van der Waals surface area (Å²) in [7, 11) is 0. The number of carbonyl (C=O) groups is 1. The number of anilines is 1. The molecule has 2 aromatic carbocycles. The van der Waals surface area contributed by atoms with Crippen molar-refractivity contribution in [2.45, 2.75) is 12.9 Å². The Morgan fingerprint density at radius 1 is 1.17 bits per heavy atom. The van der Waals surface area contributed by atoms with Gasteiger partial charge in [-0.05, 0) is 45.8 Å². The summed E-state index contributed by atoms with van der Waals surface area (Å²) in [6.07, 6.45) is -4.87. The maximum Gasteiger partial charge on any atom is 0.573 e. The Morgan fingerprint density at radius 2 is 1.88 bits per heavy atom. The van der Waals surface area contributed by atoms with E-state index in [1.165, 1.54) is 36.4 Å². The van der Waals surface area contributed by atoms with Gasteiger partial charge in [-0.25, -0.2) is 9.18 Å². The Kier molecular flexibility index (Phi) is 5.66. The lowest BCUT2D eigenvalue weighted by Gasteiger charge is -2.14. The predicted molar refractivity (Wildman–Crippen MR) is 83.1 cm³/mol. The summed E-state index contributed by atoms with van der Waals surface area (Å²) < 4.78 is 54.1. The highest BCUT2D eigenvalue weighted by molar-refractivity contribution is 9.10. The van der Waals surface area contributed by atoms with Crippen LogP contribution in [0, 0.1) is 5.82 Å². The van der Waals surface area contributed by atoms with Crippen LogP contribution < -0.4 is 15.4 Å². The summed E-state index contributed by atoms with van der Waals surface area (Å²) in [5.41, 5.74) is 0.478. The van der Waals surface area contributed by atoms with Crippen molar-refractivity contribution in [1.29, 1.82) is 0 Å². The molecule has 0 aromatic heterocycles. The number of carbonyl (C=O) groups excluding carboxylic acids is 1. The summed E-state index contributed by atoms with van der Waals surface area (Å²) >= 11 is 3.02. The summed E-state index contributed by atoms with van der Waals surface area (Å²) in [5, 5.41) is 4.72. The summed E-state index contributed by atoms with van der Waals surface area (Å²) in [5.74, 6) is -0.967. The van der Waals surface area contributed by atoms with Gasteiger partial charge in [0.2, 0.25) is 0 Å². The number of benzene rings is 2. The normalized spacial score (nSPS) is 11.0. The molecule has 0 spiro atoms. The standard InChI is InChI=1S/C15H11BrF4N2O2/c16-10-7-9(5-6-11(10)17)8-21-14(23)22-12-3-1-2-4-13(12)24-15(18,19)20/h1-7H,8H2,(H2,21,22,23). The topological polar surface area (TPSA) is 50.4 Å². The average Bonchev–Trinajstić information content (AvgIpc) is 2.49. The Hall–Kier alpha value is -2.29. The molecule has 0 saturated heterocycles. The van der Waals surface area contributed by atoms with Crippen LogP contribution in [0.2, 0.25) is 0 Å². The molecule has 2 amide bonds. The van der Waals surface area contributed by atoms with E-state index in [4.69, 9.17) is 0 Å². The van der Waals surface area contributed by atoms with Gasteiger partial charge >= 0.3 is 12.4 Å². The number of amides is 2. The van der Waals surface area contributed by atoms with Gasteiger partial charge < -0.3 is 15.4 Å². The lowest BCUT2D eigenvalue weighted by atomic mass is 10.2. The highest BCUT2D eigenvalue weighted by Gasteiger charge is 2.32. The molecule has 0 aliphatic heterocycles. The van der Waals surface area contributed by atoms with E-state index in [2.05, 4.69) is 31.3 Å². The Labute approximate surface area is 142 Å². The van der Waals surface area contributed by atoms with Crippen LogP contribution in [0.5, 0.6) is 5.75 Å². The number of ether oxygens (including phenoxy) is 1. The Bertz CT molecular complexity index is 738. The van der Waals surface area contributed by atoms with Gasteiger partial charge in [0.15, 0.2) is 5.75 Å². The van der Waals surface area contributed by atoms with Crippen molar-refractivity contribution in [3.63, 3.8) is 0 Å². The van der Waals surface area contributed by atoms with E-state index in [0.717, 1.165) is 6.07 Å². The predicted octanol–water partition coefficient (Wildman–Crippen LogP) is 4.81. The summed E-state index contributed by atoms with van der Waals surface area (Å²) in [6, 6.07) is 8.61. The Morgan fingerprint density at radius 3 is 2.54 bits per heavy atom. The Balaban J connectivity index is 1.98. The average molecular weight is 407 g/mol. The van der Waals surface area contributed by atoms with Crippen molar-refractivity contribution in [3.8, 4) is 5.75 Å². The molecule has 2 rings (SSSR count). The second-order valence-corrected chi connectivity index (χ2v) is 5.45. The largest absolute Gasteiger partial charge is 0.573 e. The number of nitrogens with one attached hydrogen (secondary N) is 2. The number of urea groups is 1. The van der Waals surface area contributed by atoms with Crippen LogP contribution in [0.15, 0.2) is 46.9 Å². The molecule has 24 heavy (non-hydrogen) atoms. The van der Waals surface area contributed by atoms with Gasteiger partial charge in [0.1, 0.15) is 5.82 Å². The molecule has 0 aliphatic rings. The van der Waals surface area contributed by atoms with Crippen LogP contribution >= 0.6 is 15.9 Å². The molecule has 0 aliphatic carbocycles. The van der Waals surface area contributed by atoms with Crippen molar-refractivity contribution in [2.75, 3.05) is 5.32 Å². The zero-order valence-electron chi connectivity index (χ0n) is 12.0. The second-order valence-electron chi connectivity index (χ2n) is 4.60. The lowest BCUT2D eigenvalue weighted by Crippen LogP contribution is -2.29. The van der Waals surface area contributed by atoms with E-state index in [-0.39, 0.29) is 16.7 Å². The molecule has 0 heterocycles. The number of hydrogen-bond donors (Lipinski definition) is 2. The highest BCUT2D eigenvalue weighted by atomic mass is 79.9. The van der Waals surface area contributed by atoms with Crippen LogP contribution in [0.1, 0.15) is 5.56 Å². The van der Waals surface area contributed by atoms with E-state index < -0.39 is 24.0 Å². The molecule has 0 bridgehead atoms. The summed E-state index contributed by atoms with van der Waals surface area (Å²) in [4.78, 5) is 11.8.